The van der Waals surface area contributed by atoms with Crippen LogP contribution in [0.5, 0.6) is 0 Å². The van der Waals surface area contributed by atoms with E-state index in [2.05, 4.69) is 0 Å². The average Bonchev–Trinajstić information content (AvgIpc) is 1.12. The summed E-state index contributed by atoms with van der Waals surface area (Å²) < 4.78 is 68.2. The van der Waals surface area contributed by atoms with Crippen molar-refractivity contribution in [1.29, 1.82) is 0 Å². The van der Waals surface area contributed by atoms with Crippen molar-refractivity contribution < 1.29 is 87.1 Å². The van der Waals surface area contributed by atoms with Gasteiger partial charge in [-0.1, -0.05) is 0 Å². The summed E-state index contributed by atoms with van der Waals surface area (Å²) in [6, 6.07) is 0. The second-order valence-corrected chi connectivity index (χ2v) is 2.45. The Labute approximate surface area is 107 Å². The van der Waals surface area contributed by atoms with E-state index in [4.69, 9.17) is 35.0 Å². The summed E-state index contributed by atoms with van der Waals surface area (Å²) in [6.07, 6.45) is 0. The molecule has 0 atom stereocenters. The molecular weight excluding hydrogens is 287 g/mol. The summed E-state index contributed by atoms with van der Waals surface area (Å²) in [4.78, 5) is 0. The maximum atomic E-state index is 8.52. The predicted octanol–water partition coefficient (Wildman–Crippen LogP) is -6.50. The fourth-order valence-corrected chi connectivity index (χ4v) is 0. The van der Waals surface area contributed by atoms with E-state index < -0.39 is 20.8 Å². The van der Waals surface area contributed by atoms with Gasteiger partial charge in [-0.25, -0.2) is 0 Å². The first kappa shape index (κ1) is 29.2. The molecule has 0 aromatic carbocycles. The summed E-state index contributed by atoms with van der Waals surface area (Å²) >= 11 is 0. The number of hydrogen-bond donors (Lipinski definition) is 0. The molecule has 77 valence electrons. The van der Waals surface area contributed by atoms with Crippen molar-refractivity contribution in [2.24, 2.45) is 0 Å². The largest absolute Gasteiger partial charge is 3.00 e. The molecule has 0 fully saturated rings. The average molecular weight is 289 g/mol. The second kappa shape index (κ2) is 11.3. The van der Waals surface area contributed by atoms with E-state index in [1.807, 2.05) is 0 Å². The zero-order chi connectivity index (χ0) is 9.00. The zero-order valence-electron chi connectivity index (χ0n) is 5.94. The third-order valence-electron chi connectivity index (χ3n) is 0. The van der Waals surface area contributed by atoms with Gasteiger partial charge in [0, 0.05) is 20.8 Å². The monoisotopic (exact) mass is 289 g/mol. The van der Waals surface area contributed by atoms with Gasteiger partial charge in [0.25, 0.3) is 0 Å². The Morgan fingerprint density at radius 1 is 0.692 bits per heavy atom. The molecular formula is H2FeNaO9S2. The van der Waals surface area contributed by atoms with Gasteiger partial charge in [0.2, 0.25) is 0 Å². The minimum absolute atomic E-state index is 0. The van der Waals surface area contributed by atoms with Gasteiger partial charge in [0.05, 0.1) is 0 Å². The topological polar surface area (TPSA) is 192 Å². The van der Waals surface area contributed by atoms with Crippen LogP contribution in [0.1, 0.15) is 0 Å². The van der Waals surface area contributed by atoms with Crippen molar-refractivity contribution in [3.8, 4) is 0 Å². The first-order chi connectivity index (χ1) is 4.00. The van der Waals surface area contributed by atoms with Gasteiger partial charge in [-0.05, 0) is 0 Å². The van der Waals surface area contributed by atoms with Crippen LogP contribution < -0.4 is 29.6 Å². The molecule has 0 saturated carbocycles. The fraction of sp³-hybridized carbons (Fsp3) is 0. The van der Waals surface area contributed by atoms with Crippen LogP contribution >= 0.6 is 0 Å². The van der Waals surface area contributed by atoms with Gasteiger partial charge in [-0.2, -0.15) is 0 Å². The van der Waals surface area contributed by atoms with Gasteiger partial charge in [0.15, 0.2) is 0 Å². The van der Waals surface area contributed by atoms with E-state index in [1.165, 1.54) is 0 Å². The minimum Gasteiger partial charge on any atom is -0.759 e. The molecule has 0 saturated heterocycles. The Hall–Kier alpha value is 1.22. The van der Waals surface area contributed by atoms with Gasteiger partial charge >= 0.3 is 46.6 Å². The van der Waals surface area contributed by atoms with Gasteiger partial charge in [-0.15, -0.1) is 0 Å². The Kier molecular flexibility index (Phi) is 25.4. The molecule has 0 aliphatic rings. The van der Waals surface area contributed by atoms with Crippen molar-refractivity contribution in [2.75, 3.05) is 0 Å². The first-order valence-corrected chi connectivity index (χ1v) is 4.00. The molecule has 2 N–H and O–H groups in total. The standard InChI is InChI=1S/Fe.Na.2H2O4S.H2O/c;;2*1-5(2,3)4;/h;;2*(H2,1,2,3,4);1H2/q+3;+1;;;/p-4. The maximum Gasteiger partial charge on any atom is 3.00 e. The van der Waals surface area contributed by atoms with Crippen LogP contribution in [0.2, 0.25) is 0 Å². The SMILES string of the molecule is O.O=S(=O)([O-])[O-].O=S(=O)([O-])[O-].[Fe+3].[Na+]. The molecule has 0 aliphatic carbocycles. The second-order valence-electron chi connectivity index (χ2n) is 0.816. The summed E-state index contributed by atoms with van der Waals surface area (Å²) in [5.74, 6) is 0. The van der Waals surface area contributed by atoms with E-state index in [0.29, 0.717) is 0 Å². The van der Waals surface area contributed by atoms with E-state index in [1.54, 1.807) is 0 Å². The van der Waals surface area contributed by atoms with Crippen molar-refractivity contribution in [1.82, 2.24) is 0 Å². The first-order valence-electron chi connectivity index (χ1n) is 1.33. The third-order valence-corrected chi connectivity index (χ3v) is 0. The molecule has 1 radical (unpaired) electrons. The molecule has 0 rings (SSSR count). The van der Waals surface area contributed by atoms with Crippen LogP contribution in [0.3, 0.4) is 0 Å². The van der Waals surface area contributed by atoms with Crippen molar-refractivity contribution in [3.05, 3.63) is 0 Å². The molecule has 0 amide bonds. The fourth-order valence-electron chi connectivity index (χ4n) is 0. The van der Waals surface area contributed by atoms with Crippen molar-refractivity contribution in [2.45, 2.75) is 0 Å². The normalized spacial score (nSPS) is 8.92. The van der Waals surface area contributed by atoms with Gasteiger partial charge in [-0.3, -0.25) is 16.8 Å². The van der Waals surface area contributed by atoms with Crippen LogP contribution in [-0.4, -0.2) is 40.5 Å². The molecule has 0 aliphatic heterocycles. The van der Waals surface area contributed by atoms with Crippen LogP contribution in [-0.2, 0) is 37.9 Å². The maximum absolute atomic E-state index is 8.52. The van der Waals surface area contributed by atoms with E-state index >= 15 is 0 Å². The quantitative estimate of drug-likeness (QED) is 0.238. The Bertz CT molecular complexity index is 214. The molecule has 0 spiro atoms. The molecule has 9 nitrogen and oxygen atoms in total. The minimum atomic E-state index is -5.17. The van der Waals surface area contributed by atoms with Crippen molar-refractivity contribution in [3.63, 3.8) is 0 Å². The molecule has 0 aromatic heterocycles. The van der Waals surface area contributed by atoms with E-state index in [9.17, 15) is 0 Å². The van der Waals surface area contributed by atoms with Crippen LogP contribution in [0.25, 0.3) is 0 Å². The summed E-state index contributed by atoms with van der Waals surface area (Å²) in [5.41, 5.74) is 0. The molecule has 13 heavy (non-hydrogen) atoms. The van der Waals surface area contributed by atoms with Crippen LogP contribution in [0.4, 0.5) is 0 Å². The Balaban J connectivity index is -0.0000000267. The molecule has 0 aromatic rings. The van der Waals surface area contributed by atoms with E-state index in [-0.39, 0.29) is 52.1 Å². The summed E-state index contributed by atoms with van der Waals surface area (Å²) in [5, 5.41) is 0. The van der Waals surface area contributed by atoms with Crippen LogP contribution in [0.15, 0.2) is 0 Å². The van der Waals surface area contributed by atoms with Gasteiger partial charge in [0.1, 0.15) is 0 Å². The zero-order valence-corrected chi connectivity index (χ0v) is 10.7. The van der Waals surface area contributed by atoms with Crippen LogP contribution in [0, 0.1) is 0 Å². The Morgan fingerprint density at radius 3 is 0.692 bits per heavy atom. The van der Waals surface area contributed by atoms with Gasteiger partial charge < -0.3 is 23.7 Å². The summed E-state index contributed by atoms with van der Waals surface area (Å²) in [7, 11) is -10.3. The molecule has 13 heteroatoms. The van der Waals surface area contributed by atoms with E-state index in [0.717, 1.165) is 0 Å². The molecule has 0 bridgehead atoms. The smallest absolute Gasteiger partial charge is 0.759 e. The number of hydrogen-bond acceptors (Lipinski definition) is 8. The van der Waals surface area contributed by atoms with Crippen molar-refractivity contribution >= 4 is 20.8 Å². The summed E-state index contributed by atoms with van der Waals surface area (Å²) in [6.45, 7) is 0. The Morgan fingerprint density at radius 2 is 0.692 bits per heavy atom. The number of rotatable bonds is 0. The molecule has 0 unspecified atom stereocenters. The predicted molar refractivity (Wildman–Crippen MR) is 24.6 cm³/mol. The molecule has 0 heterocycles. The third kappa shape index (κ3) is 1120.